The maximum atomic E-state index is 13.9. The summed E-state index contributed by atoms with van der Waals surface area (Å²) >= 11 is 0. The number of aryl methyl sites for hydroxylation is 2. The fourth-order valence-corrected chi connectivity index (χ4v) is 5.04. The number of nitrogens with two attached hydrogens (primary N) is 1. The molecule has 5 rings (SSSR count). The van der Waals surface area contributed by atoms with E-state index in [1.54, 1.807) is 18.5 Å². The molecule has 4 heterocycles. The summed E-state index contributed by atoms with van der Waals surface area (Å²) in [5, 5.41) is 9.16. The summed E-state index contributed by atoms with van der Waals surface area (Å²) in [5.74, 6) is 7.07. The molecule has 3 aromatic heterocycles. The first-order valence-electron chi connectivity index (χ1n) is 12.4. The molecule has 1 atom stereocenters. The summed E-state index contributed by atoms with van der Waals surface area (Å²) in [5.41, 5.74) is 7.52. The predicted molar refractivity (Wildman–Crippen MR) is 148 cm³/mol. The van der Waals surface area contributed by atoms with E-state index in [0.717, 1.165) is 30.4 Å². The number of para-hydroxylation sites is 2. The van der Waals surface area contributed by atoms with E-state index in [9.17, 15) is 9.59 Å². The molecule has 0 saturated carbocycles. The average Bonchev–Trinajstić information content (AvgIpc) is 3.45. The molecule has 1 aromatic carbocycles. The standard InChI is InChI=1S/C26H29N9O2.ClH/c1-3-4-14-34-22-23(30-25(34)32-13-7-9-18(28)16-32)31(2)26(37)35(24(22)36)17-21-29-19-10-5-6-11-20(19)33(21)15-8-12-27;/h5-6,10-11,18H,7-9,13-17,28H2,1-2H3;1H. The number of imidazole rings is 2. The van der Waals surface area contributed by atoms with E-state index in [-0.39, 0.29) is 38.0 Å². The van der Waals surface area contributed by atoms with Gasteiger partial charge in [0.05, 0.1) is 36.6 Å². The van der Waals surface area contributed by atoms with Gasteiger partial charge >= 0.3 is 5.69 Å². The number of hydrogen-bond acceptors (Lipinski definition) is 7. The van der Waals surface area contributed by atoms with E-state index in [1.165, 1.54) is 9.13 Å². The Morgan fingerprint density at radius 1 is 1.16 bits per heavy atom. The summed E-state index contributed by atoms with van der Waals surface area (Å²) in [7, 11) is 1.62. The van der Waals surface area contributed by atoms with Crippen molar-refractivity contribution >= 4 is 40.6 Å². The zero-order valence-corrected chi connectivity index (χ0v) is 22.2. The quantitative estimate of drug-likeness (QED) is 0.371. The summed E-state index contributed by atoms with van der Waals surface area (Å²) in [6.45, 7) is 3.77. The van der Waals surface area contributed by atoms with E-state index in [1.807, 2.05) is 28.8 Å². The smallest absolute Gasteiger partial charge is 0.332 e. The van der Waals surface area contributed by atoms with Crippen LogP contribution in [0.15, 0.2) is 33.9 Å². The topological polar surface area (TPSA) is 133 Å². The Hall–Kier alpha value is -4.06. The molecule has 0 aliphatic carbocycles. The number of anilines is 1. The number of rotatable bonds is 6. The van der Waals surface area contributed by atoms with Crippen molar-refractivity contribution in [3.05, 3.63) is 50.9 Å². The first kappa shape index (κ1) is 27.0. The molecule has 0 amide bonds. The van der Waals surface area contributed by atoms with Crippen LogP contribution in [0.3, 0.4) is 0 Å². The van der Waals surface area contributed by atoms with Crippen molar-refractivity contribution in [3.8, 4) is 17.9 Å². The third-order valence-electron chi connectivity index (χ3n) is 6.85. The Balaban J connectivity index is 0.00000336. The highest BCUT2D eigenvalue weighted by molar-refractivity contribution is 5.85. The van der Waals surface area contributed by atoms with Crippen LogP contribution in [0.25, 0.3) is 22.2 Å². The lowest BCUT2D eigenvalue weighted by atomic mass is 10.1. The maximum absolute atomic E-state index is 13.9. The number of aromatic nitrogens is 6. The summed E-state index contributed by atoms with van der Waals surface area (Å²) in [6.07, 6.45) is 2.14. The van der Waals surface area contributed by atoms with Crippen molar-refractivity contribution in [3.63, 3.8) is 0 Å². The van der Waals surface area contributed by atoms with Crippen LogP contribution in [-0.4, -0.2) is 47.4 Å². The van der Waals surface area contributed by atoms with Crippen molar-refractivity contribution < 1.29 is 0 Å². The van der Waals surface area contributed by atoms with Gasteiger partial charge in [-0.05, 0) is 31.9 Å². The highest BCUT2D eigenvalue weighted by atomic mass is 35.5. The molecular weight excluding hydrogens is 506 g/mol. The van der Waals surface area contributed by atoms with E-state index in [2.05, 4.69) is 22.8 Å². The Morgan fingerprint density at radius 2 is 1.95 bits per heavy atom. The van der Waals surface area contributed by atoms with Crippen molar-refractivity contribution in [2.75, 3.05) is 18.0 Å². The van der Waals surface area contributed by atoms with Crippen LogP contribution in [0.4, 0.5) is 5.95 Å². The van der Waals surface area contributed by atoms with Crippen molar-refractivity contribution in [2.24, 2.45) is 12.8 Å². The van der Waals surface area contributed by atoms with Crippen molar-refractivity contribution in [1.82, 2.24) is 28.2 Å². The van der Waals surface area contributed by atoms with Crippen LogP contribution in [0.2, 0.25) is 0 Å². The average molecular weight is 536 g/mol. The molecule has 1 saturated heterocycles. The number of halogens is 1. The third kappa shape index (κ3) is 4.67. The molecule has 1 fully saturated rings. The summed E-state index contributed by atoms with van der Waals surface area (Å²) in [4.78, 5) is 38.8. The van der Waals surface area contributed by atoms with Gasteiger partial charge in [-0.15, -0.1) is 18.3 Å². The third-order valence-corrected chi connectivity index (χ3v) is 6.85. The van der Waals surface area contributed by atoms with Crippen LogP contribution < -0.4 is 21.9 Å². The molecule has 1 aliphatic rings. The zero-order valence-electron chi connectivity index (χ0n) is 21.4. The van der Waals surface area contributed by atoms with Gasteiger partial charge in [0.25, 0.3) is 5.56 Å². The lowest BCUT2D eigenvalue weighted by Gasteiger charge is -2.31. The molecule has 12 heteroatoms. The largest absolute Gasteiger partial charge is 0.341 e. The van der Waals surface area contributed by atoms with Gasteiger partial charge < -0.3 is 15.2 Å². The molecule has 198 valence electrons. The highest BCUT2D eigenvalue weighted by Gasteiger charge is 2.26. The van der Waals surface area contributed by atoms with Gasteiger partial charge in [0.1, 0.15) is 5.82 Å². The van der Waals surface area contributed by atoms with Crippen LogP contribution >= 0.6 is 12.4 Å². The lowest BCUT2D eigenvalue weighted by Crippen LogP contribution is -2.44. The van der Waals surface area contributed by atoms with Crippen molar-refractivity contribution in [2.45, 2.75) is 51.9 Å². The zero-order chi connectivity index (χ0) is 26.1. The minimum absolute atomic E-state index is 0. The van der Waals surface area contributed by atoms with Crippen molar-refractivity contribution in [1.29, 1.82) is 5.26 Å². The first-order valence-corrected chi connectivity index (χ1v) is 12.4. The van der Waals surface area contributed by atoms with Crippen LogP contribution in [0.5, 0.6) is 0 Å². The molecular formula is C26H30ClN9O2. The molecule has 0 spiro atoms. The maximum Gasteiger partial charge on any atom is 0.332 e. The number of hydrogen-bond donors (Lipinski definition) is 1. The van der Waals surface area contributed by atoms with E-state index in [4.69, 9.17) is 21.0 Å². The Labute approximate surface area is 225 Å². The normalized spacial score (nSPS) is 15.2. The lowest BCUT2D eigenvalue weighted by molar-refractivity contribution is 0.496. The second-order valence-electron chi connectivity index (χ2n) is 9.25. The SMILES string of the molecule is CC#CCn1c(N2CCCC(N)C2)nc2c1c(=O)n(Cc1nc3ccccc3n1CCC#N)c(=O)n2C.Cl. The Kier molecular flexibility index (Phi) is 7.91. The minimum atomic E-state index is -0.482. The van der Waals surface area contributed by atoms with Gasteiger partial charge in [0.15, 0.2) is 11.2 Å². The second kappa shape index (κ2) is 11.1. The van der Waals surface area contributed by atoms with Gasteiger partial charge in [-0.25, -0.2) is 9.78 Å². The van der Waals surface area contributed by atoms with Crippen LogP contribution in [0.1, 0.15) is 32.0 Å². The van der Waals surface area contributed by atoms with Crippen LogP contribution in [0, 0.1) is 23.2 Å². The number of nitrogens with zero attached hydrogens (tertiary/aromatic N) is 8. The molecule has 0 radical (unpaired) electrons. The van der Waals surface area contributed by atoms with E-state index in [0.29, 0.717) is 36.0 Å². The monoisotopic (exact) mass is 535 g/mol. The molecule has 4 aromatic rings. The number of benzene rings is 1. The summed E-state index contributed by atoms with van der Waals surface area (Å²) < 4.78 is 6.29. The first-order chi connectivity index (χ1) is 17.9. The summed E-state index contributed by atoms with van der Waals surface area (Å²) in [6, 6.07) is 9.75. The molecule has 2 N–H and O–H groups in total. The number of nitriles is 1. The highest BCUT2D eigenvalue weighted by Crippen LogP contribution is 2.23. The fraction of sp³-hybridized carbons (Fsp3) is 0.423. The number of piperidine rings is 1. The molecule has 0 bridgehead atoms. The number of fused-ring (bicyclic) bond motifs is 2. The van der Waals surface area contributed by atoms with E-state index >= 15 is 0 Å². The van der Waals surface area contributed by atoms with Gasteiger partial charge in [0, 0.05) is 32.7 Å². The van der Waals surface area contributed by atoms with Gasteiger partial charge in [-0.3, -0.25) is 18.5 Å². The Morgan fingerprint density at radius 3 is 2.68 bits per heavy atom. The van der Waals surface area contributed by atoms with E-state index < -0.39 is 11.2 Å². The second-order valence-corrected chi connectivity index (χ2v) is 9.25. The van der Waals surface area contributed by atoms with Gasteiger partial charge in [-0.1, -0.05) is 18.1 Å². The fourth-order valence-electron chi connectivity index (χ4n) is 5.04. The van der Waals surface area contributed by atoms with Crippen LogP contribution in [-0.2, 0) is 26.7 Å². The van der Waals surface area contributed by atoms with Gasteiger partial charge in [-0.2, -0.15) is 10.2 Å². The minimum Gasteiger partial charge on any atom is -0.341 e. The molecule has 1 aliphatic heterocycles. The molecule has 11 nitrogen and oxygen atoms in total. The van der Waals surface area contributed by atoms with Gasteiger partial charge in [0.2, 0.25) is 5.95 Å². The Bertz CT molecular complexity index is 1710. The molecule has 1 unspecified atom stereocenters. The molecule has 38 heavy (non-hydrogen) atoms. The predicted octanol–water partition coefficient (Wildman–Crippen LogP) is 1.58.